The Labute approximate surface area is 101 Å². The molecule has 8 heteroatoms. The lowest BCUT2D eigenvalue weighted by Gasteiger charge is -2.02. The molecule has 1 aliphatic rings. The molecule has 0 radical (unpaired) electrons. The van der Waals surface area contributed by atoms with Crippen LogP contribution in [0.1, 0.15) is 0 Å². The second-order valence-electron chi connectivity index (χ2n) is 3.68. The van der Waals surface area contributed by atoms with Crippen molar-refractivity contribution in [1.29, 1.82) is 0 Å². The first-order chi connectivity index (χ1) is 7.96. The van der Waals surface area contributed by atoms with Gasteiger partial charge in [0, 0.05) is 5.02 Å². The fraction of sp³-hybridized carbons (Fsp3) is 0.111. The van der Waals surface area contributed by atoms with Gasteiger partial charge in [-0.1, -0.05) is 11.6 Å². The fourth-order valence-corrected chi connectivity index (χ4v) is 2.98. The molecule has 0 saturated carbocycles. The van der Waals surface area contributed by atoms with Crippen LogP contribution in [0.3, 0.4) is 0 Å². The Morgan fingerprint density at radius 2 is 2.18 bits per heavy atom. The summed E-state index contributed by atoms with van der Waals surface area (Å²) in [5.74, 6) is -0.360. The van der Waals surface area contributed by atoms with E-state index < -0.39 is 21.5 Å². The summed E-state index contributed by atoms with van der Waals surface area (Å²) in [6.45, 7) is 0. The number of halogens is 1. The van der Waals surface area contributed by atoms with E-state index in [4.69, 9.17) is 11.6 Å². The molecular weight excluding hydrogens is 266 g/mol. The van der Waals surface area contributed by atoms with Crippen LogP contribution in [0.2, 0.25) is 5.02 Å². The zero-order valence-corrected chi connectivity index (χ0v) is 9.92. The van der Waals surface area contributed by atoms with Crippen LogP contribution in [0, 0.1) is 0 Å². The summed E-state index contributed by atoms with van der Waals surface area (Å²) in [6.07, 6.45) is 0. The van der Waals surface area contributed by atoms with Crippen LogP contribution in [0.15, 0.2) is 23.0 Å². The number of rotatable bonds is 0. The minimum Gasteiger partial charge on any atom is -0.268 e. The van der Waals surface area contributed by atoms with E-state index >= 15 is 0 Å². The smallest absolute Gasteiger partial charge is 0.263 e. The van der Waals surface area contributed by atoms with Gasteiger partial charge in [-0.15, -0.1) is 0 Å². The van der Waals surface area contributed by atoms with Gasteiger partial charge in [0.1, 0.15) is 0 Å². The standard InChI is InChI=1S/C9H6ClN3O3S/c10-5-1-2-7-6(3-5)8(14)13-4-17(15,16)12-9(13)11-7/h1-3H,4H2,(H,11,12). The van der Waals surface area contributed by atoms with Crippen LogP contribution in [0.5, 0.6) is 0 Å². The largest absolute Gasteiger partial charge is 0.268 e. The van der Waals surface area contributed by atoms with Crippen molar-refractivity contribution in [3.8, 4) is 0 Å². The Morgan fingerprint density at radius 3 is 2.94 bits per heavy atom. The summed E-state index contributed by atoms with van der Waals surface area (Å²) in [6, 6.07) is 4.65. The minimum atomic E-state index is -3.50. The van der Waals surface area contributed by atoms with E-state index in [9.17, 15) is 13.2 Å². The number of sulfonamides is 1. The molecule has 6 nitrogen and oxygen atoms in total. The molecule has 0 spiro atoms. The quantitative estimate of drug-likeness (QED) is 0.767. The van der Waals surface area contributed by atoms with Crippen molar-refractivity contribution in [1.82, 2.24) is 9.55 Å². The molecule has 2 heterocycles. The van der Waals surface area contributed by atoms with Crippen LogP contribution in [-0.4, -0.2) is 18.0 Å². The maximum atomic E-state index is 12.0. The first-order valence-corrected chi connectivity index (χ1v) is 6.70. The molecule has 0 unspecified atom stereocenters. The van der Waals surface area contributed by atoms with Crippen LogP contribution >= 0.6 is 11.6 Å². The number of hydrogen-bond donors (Lipinski definition) is 1. The average Bonchev–Trinajstić information content (AvgIpc) is 2.55. The Kier molecular flexibility index (Phi) is 1.99. The molecule has 0 atom stereocenters. The first-order valence-electron chi connectivity index (χ1n) is 4.67. The highest BCUT2D eigenvalue weighted by Crippen LogP contribution is 2.20. The second kappa shape index (κ2) is 3.21. The molecule has 0 fully saturated rings. The first kappa shape index (κ1) is 10.5. The molecule has 3 rings (SSSR count). The maximum absolute atomic E-state index is 12.0. The van der Waals surface area contributed by atoms with Crippen LogP contribution < -0.4 is 10.3 Å². The van der Waals surface area contributed by atoms with E-state index in [1.807, 2.05) is 0 Å². The van der Waals surface area contributed by atoms with E-state index in [1.165, 1.54) is 6.07 Å². The maximum Gasteiger partial charge on any atom is 0.263 e. The topological polar surface area (TPSA) is 81.1 Å². The molecule has 0 amide bonds. The predicted molar refractivity (Wildman–Crippen MR) is 63.6 cm³/mol. The van der Waals surface area contributed by atoms with Gasteiger partial charge in [-0.2, -0.15) is 0 Å². The van der Waals surface area contributed by atoms with Gasteiger partial charge in [0.15, 0.2) is 5.88 Å². The van der Waals surface area contributed by atoms with Gasteiger partial charge in [0.25, 0.3) is 15.6 Å². The van der Waals surface area contributed by atoms with Gasteiger partial charge in [-0.25, -0.2) is 13.4 Å². The lowest BCUT2D eigenvalue weighted by atomic mass is 10.2. The molecule has 17 heavy (non-hydrogen) atoms. The minimum absolute atomic E-state index is 0.0461. The van der Waals surface area contributed by atoms with Crippen molar-refractivity contribution in [2.45, 2.75) is 5.88 Å². The highest BCUT2D eigenvalue weighted by Gasteiger charge is 2.26. The third kappa shape index (κ3) is 1.58. The lowest BCUT2D eigenvalue weighted by Crippen LogP contribution is -2.19. The van der Waals surface area contributed by atoms with Crippen molar-refractivity contribution >= 4 is 38.5 Å². The summed E-state index contributed by atoms with van der Waals surface area (Å²) in [5, 5.41) is 0.714. The number of nitrogens with one attached hydrogen (secondary N) is 1. The van der Waals surface area contributed by atoms with E-state index in [-0.39, 0.29) is 5.95 Å². The molecule has 1 aromatic heterocycles. The second-order valence-corrected chi connectivity index (χ2v) is 5.80. The molecule has 0 aliphatic carbocycles. The van der Waals surface area contributed by atoms with Gasteiger partial charge in [-0.05, 0) is 18.2 Å². The summed E-state index contributed by atoms with van der Waals surface area (Å²) < 4.78 is 26.0. The van der Waals surface area contributed by atoms with Gasteiger partial charge in [0.05, 0.1) is 10.9 Å². The molecule has 88 valence electrons. The normalized spacial score (nSPS) is 16.8. The van der Waals surface area contributed by atoms with Gasteiger partial charge in [-0.3, -0.25) is 14.1 Å². The van der Waals surface area contributed by atoms with Crippen molar-refractivity contribution in [3.05, 3.63) is 33.6 Å². The molecule has 1 aliphatic heterocycles. The monoisotopic (exact) mass is 271 g/mol. The summed E-state index contributed by atoms with van der Waals surface area (Å²) in [4.78, 5) is 16.1. The lowest BCUT2D eigenvalue weighted by molar-refractivity contribution is 0.595. The molecule has 2 aromatic rings. The van der Waals surface area contributed by atoms with Gasteiger partial charge in [0.2, 0.25) is 5.95 Å². The zero-order chi connectivity index (χ0) is 12.2. The Bertz CT molecular complexity index is 797. The summed E-state index contributed by atoms with van der Waals surface area (Å²) >= 11 is 5.79. The van der Waals surface area contributed by atoms with Crippen molar-refractivity contribution in [2.24, 2.45) is 0 Å². The molecule has 1 aromatic carbocycles. The van der Waals surface area contributed by atoms with E-state index in [0.29, 0.717) is 15.9 Å². The van der Waals surface area contributed by atoms with Crippen molar-refractivity contribution < 1.29 is 8.42 Å². The summed E-state index contributed by atoms with van der Waals surface area (Å²) in [5.41, 5.74) is -0.00340. The summed E-state index contributed by atoms with van der Waals surface area (Å²) in [7, 11) is -3.50. The number of hydrogen-bond acceptors (Lipinski definition) is 4. The van der Waals surface area contributed by atoms with Gasteiger partial charge >= 0.3 is 0 Å². The fourth-order valence-electron chi connectivity index (χ4n) is 1.73. The Morgan fingerprint density at radius 1 is 1.41 bits per heavy atom. The highest BCUT2D eigenvalue weighted by atomic mass is 35.5. The number of anilines is 1. The molecular formula is C9H6ClN3O3S. The van der Waals surface area contributed by atoms with Gasteiger partial charge < -0.3 is 0 Å². The number of nitrogens with zero attached hydrogens (tertiary/aromatic N) is 2. The van der Waals surface area contributed by atoms with Crippen LogP contribution in [-0.2, 0) is 15.9 Å². The number of fused-ring (bicyclic) bond motifs is 2. The average molecular weight is 272 g/mol. The van der Waals surface area contributed by atoms with Crippen molar-refractivity contribution in [3.63, 3.8) is 0 Å². The Hall–Kier alpha value is -1.60. The van der Waals surface area contributed by atoms with Crippen LogP contribution in [0.25, 0.3) is 10.9 Å². The number of benzene rings is 1. The Balaban J connectivity index is 2.43. The van der Waals surface area contributed by atoms with Crippen LogP contribution in [0.4, 0.5) is 5.95 Å². The predicted octanol–water partition coefficient (Wildman–Crippen LogP) is 0.763. The third-order valence-electron chi connectivity index (χ3n) is 2.46. The SMILES string of the molecule is O=c1c2cc(Cl)ccc2nc2n1CS(=O)(=O)N2. The molecule has 0 bridgehead atoms. The highest BCUT2D eigenvalue weighted by molar-refractivity contribution is 7.92. The van der Waals surface area contributed by atoms with E-state index in [2.05, 4.69) is 9.71 Å². The number of aromatic nitrogens is 2. The van der Waals surface area contributed by atoms with E-state index in [0.717, 1.165) is 4.57 Å². The van der Waals surface area contributed by atoms with E-state index in [1.54, 1.807) is 12.1 Å². The zero-order valence-electron chi connectivity index (χ0n) is 8.34. The van der Waals surface area contributed by atoms with Crippen molar-refractivity contribution in [2.75, 3.05) is 4.72 Å². The third-order valence-corrected chi connectivity index (χ3v) is 3.79. The molecule has 1 N–H and O–H groups in total. The molecule has 0 saturated heterocycles.